The second-order valence-corrected chi connectivity index (χ2v) is 8.86. The number of anilines is 2. The van der Waals surface area contributed by atoms with Gasteiger partial charge in [-0.15, -0.1) is 0 Å². The number of rotatable bonds is 6. The number of barbiturate groups is 1. The van der Waals surface area contributed by atoms with Gasteiger partial charge in [-0.05, 0) is 55.2 Å². The van der Waals surface area contributed by atoms with Crippen molar-refractivity contribution in [2.24, 2.45) is 5.41 Å². The highest BCUT2D eigenvalue weighted by Gasteiger charge is 2.57. The average molecular weight is 482 g/mol. The number of urea groups is 1. The van der Waals surface area contributed by atoms with E-state index in [1.165, 1.54) is 26.4 Å². The molecule has 2 aromatic carbocycles. The number of non-ortho nitro benzene ring substituents is 1. The maximum Gasteiger partial charge on any atom is 0.335 e. The highest BCUT2D eigenvalue weighted by Crippen LogP contribution is 2.42. The molecule has 11 nitrogen and oxygen atoms in total. The molecule has 2 aliphatic rings. The van der Waals surface area contributed by atoms with E-state index in [4.69, 9.17) is 9.47 Å². The zero-order valence-corrected chi connectivity index (χ0v) is 19.9. The van der Waals surface area contributed by atoms with Crippen molar-refractivity contribution in [3.63, 3.8) is 0 Å². The number of benzene rings is 2. The molecular formula is C24H26N4O7. The Morgan fingerprint density at radius 1 is 1.09 bits per heavy atom. The van der Waals surface area contributed by atoms with Crippen LogP contribution >= 0.6 is 0 Å². The van der Waals surface area contributed by atoms with E-state index in [9.17, 15) is 24.5 Å². The molecule has 11 heteroatoms. The minimum Gasteiger partial charge on any atom is -0.365 e. The molecule has 1 fully saturated rings. The van der Waals surface area contributed by atoms with E-state index in [1.54, 1.807) is 23.1 Å². The first kappa shape index (κ1) is 24.3. The quantitative estimate of drug-likeness (QED) is 0.288. The van der Waals surface area contributed by atoms with Crippen LogP contribution in [0.25, 0.3) is 0 Å². The second-order valence-electron chi connectivity index (χ2n) is 8.86. The maximum atomic E-state index is 14.0. The lowest BCUT2D eigenvalue weighted by Gasteiger charge is -2.46. The Morgan fingerprint density at radius 3 is 2.34 bits per heavy atom. The van der Waals surface area contributed by atoms with Gasteiger partial charge in [0.25, 0.3) is 11.6 Å². The van der Waals surface area contributed by atoms with Gasteiger partial charge in [-0.3, -0.25) is 25.0 Å². The van der Waals surface area contributed by atoms with Crippen LogP contribution in [-0.4, -0.2) is 56.4 Å². The third kappa shape index (κ3) is 4.24. The number of nitro groups is 1. The van der Waals surface area contributed by atoms with E-state index in [2.05, 4.69) is 5.32 Å². The summed E-state index contributed by atoms with van der Waals surface area (Å²) >= 11 is 0. The van der Waals surface area contributed by atoms with E-state index >= 15 is 0 Å². The van der Waals surface area contributed by atoms with Crippen LogP contribution in [0, 0.1) is 29.4 Å². The average Bonchev–Trinajstić information content (AvgIpc) is 2.80. The summed E-state index contributed by atoms with van der Waals surface area (Å²) in [5.41, 5.74) is 1.24. The van der Waals surface area contributed by atoms with E-state index in [0.29, 0.717) is 16.9 Å². The van der Waals surface area contributed by atoms with Gasteiger partial charge in [0.2, 0.25) is 5.91 Å². The molecule has 0 aliphatic carbocycles. The minimum atomic E-state index is -1.69. The van der Waals surface area contributed by atoms with Crippen LogP contribution in [0.2, 0.25) is 0 Å². The van der Waals surface area contributed by atoms with E-state index in [-0.39, 0.29) is 25.2 Å². The Labute approximate surface area is 201 Å². The lowest BCUT2D eigenvalue weighted by Crippen LogP contribution is -2.69. The SMILES string of the molecule is COC(CN1C[C@@]2(Cc3cc([N+](=O)[O-])ccc31)C(=O)NC(=O)N(c1cc(C)cc(C)c1)C2=O)OC. The van der Waals surface area contributed by atoms with Crippen molar-refractivity contribution in [1.29, 1.82) is 0 Å². The van der Waals surface area contributed by atoms with Crippen molar-refractivity contribution < 1.29 is 28.8 Å². The molecule has 1 N–H and O–H groups in total. The Morgan fingerprint density at radius 2 is 1.74 bits per heavy atom. The van der Waals surface area contributed by atoms with Gasteiger partial charge in [-0.1, -0.05) is 6.07 Å². The lowest BCUT2D eigenvalue weighted by atomic mass is 9.74. The predicted molar refractivity (Wildman–Crippen MR) is 126 cm³/mol. The van der Waals surface area contributed by atoms with Crippen molar-refractivity contribution in [3.05, 3.63) is 63.2 Å². The standard InChI is InChI=1S/C24H26N4O7/c1-14-7-15(2)9-18(8-14)27-22(30)24(21(29)25-23(27)31)11-16-10-17(28(32)33)5-6-19(16)26(13-24)12-20(34-3)35-4/h5-10,20H,11-13H2,1-4H3,(H,25,29,31)/t24-/m0/s1. The van der Waals surface area contributed by atoms with Crippen LogP contribution in [0.15, 0.2) is 36.4 Å². The van der Waals surface area contributed by atoms with Crippen LogP contribution in [0.1, 0.15) is 16.7 Å². The third-order valence-electron chi connectivity index (χ3n) is 6.40. The molecular weight excluding hydrogens is 456 g/mol. The van der Waals surface area contributed by atoms with Gasteiger partial charge >= 0.3 is 6.03 Å². The summed E-state index contributed by atoms with van der Waals surface area (Å²) in [6.45, 7) is 3.77. The number of methoxy groups -OCH3 is 2. The third-order valence-corrected chi connectivity index (χ3v) is 6.40. The number of hydrogen-bond acceptors (Lipinski definition) is 8. The van der Waals surface area contributed by atoms with Gasteiger partial charge in [0.15, 0.2) is 11.7 Å². The monoisotopic (exact) mass is 482 g/mol. The summed E-state index contributed by atoms with van der Waals surface area (Å²) in [6.07, 6.45) is -0.795. The van der Waals surface area contributed by atoms with E-state index in [1.807, 2.05) is 19.9 Å². The van der Waals surface area contributed by atoms with Gasteiger partial charge in [0.1, 0.15) is 0 Å². The summed E-state index contributed by atoms with van der Waals surface area (Å²) in [5.74, 6) is -1.44. The Balaban J connectivity index is 1.84. The molecule has 2 aliphatic heterocycles. The molecule has 2 aromatic rings. The second kappa shape index (κ2) is 9.08. The van der Waals surface area contributed by atoms with Crippen molar-refractivity contribution in [3.8, 4) is 0 Å². The van der Waals surface area contributed by atoms with Crippen LogP contribution in [0.3, 0.4) is 0 Å². The van der Waals surface area contributed by atoms with Crippen LogP contribution < -0.4 is 15.1 Å². The topological polar surface area (TPSA) is 131 Å². The summed E-state index contributed by atoms with van der Waals surface area (Å²) in [7, 11) is 2.92. The molecule has 0 aromatic heterocycles. The van der Waals surface area contributed by atoms with Crippen molar-refractivity contribution >= 4 is 34.9 Å². The number of aryl methyl sites for hydroxylation is 2. The van der Waals surface area contributed by atoms with Gasteiger partial charge < -0.3 is 14.4 Å². The van der Waals surface area contributed by atoms with Crippen molar-refractivity contribution in [1.82, 2.24) is 5.32 Å². The first-order valence-electron chi connectivity index (χ1n) is 11.0. The van der Waals surface area contributed by atoms with Crippen LogP contribution in [-0.2, 0) is 25.5 Å². The van der Waals surface area contributed by atoms with Gasteiger partial charge in [0, 0.05) is 38.6 Å². The van der Waals surface area contributed by atoms with E-state index < -0.39 is 34.5 Å². The predicted octanol–water partition coefficient (Wildman–Crippen LogP) is 2.46. The lowest BCUT2D eigenvalue weighted by molar-refractivity contribution is -0.384. The highest BCUT2D eigenvalue weighted by molar-refractivity contribution is 6.30. The molecule has 4 amide bonds. The van der Waals surface area contributed by atoms with Crippen LogP contribution in [0.4, 0.5) is 21.9 Å². The molecule has 1 spiro atoms. The Kier molecular flexibility index (Phi) is 6.30. The van der Waals surface area contributed by atoms with E-state index in [0.717, 1.165) is 16.0 Å². The molecule has 1 saturated heterocycles. The van der Waals surface area contributed by atoms with Gasteiger partial charge in [-0.2, -0.15) is 0 Å². The number of amides is 4. The van der Waals surface area contributed by atoms with Crippen LogP contribution in [0.5, 0.6) is 0 Å². The number of carbonyl (C=O) groups is 3. The molecule has 0 unspecified atom stereocenters. The summed E-state index contributed by atoms with van der Waals surface area (Å²) in [4.78, 5) is 53.7. The summed E-state index contributed by atoms with van der Waals surface area (Å²) < 4.78 is 10.6. The minimum absolute atomic E-state index is 0.0692. The zero-order chi connectivity index (χ0) is 25.5. The largest absolute Gasteiger partial charge is 0.365 e. The number of hydrogen-bond donors (Lipinski definition) is 1. The fraction of sp³-hybridized carbons (Fsp3) is 0.375. The fourth-order valence-electron chi connectivity index (χ4n) is 4.80. The summed E-state index contributed by atoms with van der Waals surface area (Å²) in [5, 5.41) is 13.8. The molecule has 0 saturated carbocycles. The number of nitrogens with zero attached hydrogens (tertiary/aromatic N) is 3. The molecule has 0 radical (unpaired) electrons. The molecule has 2 heterocycles. The zero-order valence-electron chi connectivity index (χ0n) is 19.9. The molecule has 35 heavy (non-hydrogen) atoms. The number of fused-ring (bicyclic) bond motifs is 1. The molecule has 1 atom stereocenters. The highest BCUT2D eigenvalue weighted by atomic mass is 16.7. The van der Waals surface area contributed by atoms with Gasteiger partial charge in [-0.25, -0.2) is 9.69 Å². The number of carbonyl (C=O) groups excluding carboxylic acids is 3. The number of imide groups is 2. The molecule has 0 bridgehead atoms. The van der Waals surface area contributed by atoms with Gasteiger partial charge in [0.05, 0.1) is 17.2 Å². The first-order chi connectivity index (χ1) is 16.6. The summed E-state index contributed by atoms with van der Waals surface area (Å²) in [6, 6.07) is 8.77. The fourth-order valence-corrected chi connectivity index (χ4v) is 4.80. The normalized spacial score (nSPS) is 19.9. The molecule has 184 valence electrons. The number of nitrogens with one attached hydrogen (secondary N) is 1. The Hall–Kier alpha value is -3.83. The van der Waals surface area contributed by atoms with Crippen molar-refractivity contribution in [2.75, 3.05) is 37.1 Å². The van der Waals surface area contributed by atoms with Crippen molar-refractivity contribution in [2.45, 2.75) is 26.6 Å². The molecule has 4 rings (SSSR count). The maximum absolute atomic E-state index is 14.0. The smallest absolute Gasteiger partial charge is 0.335 e. The number of nitro benzene ring substituents is 1. The first-order valence-corrected chi connectivity index (χ1v) is 11.0. The Bertz CT molecular complexity index is 1210. The number of ether oxygens (including phenoxy) is 2.